The summed E-state index contributed by atoms with van der Waals surface area (Å²) in [5.41, 5.74) is 0.413. The van der Waals surface area contributed by atoms with Gasteiger partial charge in [0.1, 0.15) is 17.4 Å². The second-order valence-corrected chi connectivity index (χ2v) is 13.9. The maximum atomic E-state index is 14.8. The third kappa shape index (κ3) is 10.5. The van der Waals surface area contributed by atoms with Crippen molar-refractivity contribution < 1.29 is 50.4 Å². The number of carbonyl (C=O) groups excluding carboxylic acids is 3. The van der Waals surface area contributed by atoms with Gasteiger partial charge >= 0.3 is 6.03 Å². The van der Waals surface area contributed by atoms with Crippen molar-refractivity contribution in [3.8, 4) is 11.5 Å². The molecule has 2 aliphatic rings. The van der Waals surface area contributed by atoms with Crippen LogP contribution in [-0.4, -0.2) is 65.0 Å². The van der Waals surface area contributed by atoms with Crippen LogP contribution in [0, 0.1) is 29.8 Å². The predicted molar refractivity (Wildman–Crippen MR) is 183 cm³/mol. The fraction of sp³-hybridized carbons (Fsp3) is 0.257. The minimum absolute atomic E-state index is 0.0514. The number of pyridine rings is 1. The molecule has 52 heavy (non-hydrogen) atoms. The van der Waals surface area contributed by atoms with Gasteiger partial charge in [-0.1, -0.05) is 17.7 Å². The van der Waals surface area contributed by atoms with E-state index >= 15 is 0 Å². The molecule has 4 amide bonds. The molecule has 3 aromatic carbocycles. The molecule has 13 nitrogen and oxygen atoms in total. The molecule has 0 spiro atoms. The SMILES string of the molecule is Cc1ccc(S(=O)(=O)O)cc1.O=C(CC1(CC(=O)Nc2cc(F)c(Oc3ccnc(NC(=O)N4CC(O)C4)c3)cc2F)CC1)Nc1ccc(F)cc1. The number of likely N-dealkylation sites (tertiary alicyclic amines) is 1. The number of aliphatic hydroxyl groups is 1. The van der Waals surface area contributed by atoms with E-state index in [0.29, 0.717) is 18.5 Å². The van der Waals surface area contributed by atoms with Crippen molar-refractivity contribution in [2.75, 3.05) is 29.0 Å². The van der Waals surface area contributed by atoms with Crippen LogP contribution in [0.3, 0.4) is 0 Å². The maximum absolute atomic E-state index is 14.8. The minimum Gasteiger partial charge on any atom is -0.454 e. The van der Waals surface area contributed by atoms with Gasteiger partial charge in [0.25, 0.3) is 10.1 Å². The summed E-state index contributed by atoms with van der Waals surface area (Å²) in [6.07, 6.45) is 1.97. The summed E-state index contributed by atoms with van der Waals surface area (Å²) in [6.45, 7) is 2.24. The number of urea groups is 1. The zero-order valence-corrected chi connectivity index (χ0v) is 28.4. The normalized spacial score (nSPS) is 14.6. The summed E-state index contributed by atoms with van der Waals surface area (Å²) in [7, 11) is -4.02. The van der Waals surface area contributed by atoms with Crippen LogP contribution < -0.4 is 20.7 Å². The summed E-state index contributed by atoms with van der Waals surface area (Å²) in [4.78, 5) is 42.5. The largest absolute Gasteiger partial charge is 0.454 e. The van der Waals surface area contributed by atoms with Crippen molar-refractivity contribution in [3.05, 3.63) is 102 Å². The molecule has 1 aromatic heterocycles. The van der Waals surface area contributed by atoms with Crippen LogP contribution in [0.4, 0.5) is 35.2 Å². The van der Waals surface area contributed by atoms with E-state index < -0.39 is 56.8 Å². The van der Waals surface area contributed by atoms with Crippen LogP contribution in [0.5, 0.6) is 11.5 Å². The topological polar surface area (TPSA) is 187 Å². The highest BCUT2D eigenvalue weighted by atomic mass is 32.2. The van der Waals surface area contributed by atoms with Gasteiger partial charge in [0.05, 0.1) is 29.8 Å². The van der Waals surface area contributed by atoms with E-state index in [4.69, 9.17) is 9.29 Å². The van der Waals surface area contributed by atoms with E-state index in [1.54, 1.807) is 12.1 Å². The molecule has 1 aliphatic heterocycles. The zero-order valence-electron chi connectivity index (χ0n) is 27.6. The van der Waals surface area contributed by atoms with Gasteiger partial charge in [-0.3, -0.25) is 19.5 Å². The van der Waals surface area contributed by atoms with Gasteiger partial charge in [-0.2, -0.15) is 8.42 Å². The molecule has 274 valence electrons. The van der Waals surface area contributed by atoms with Gasteiger partial charge in [0, 0.05) is 42.9 Å². The van der Waals surface area contributed by atoms with E-state index in [-0.39, 0.29) is 54.0 Å². The molecule has 0 atom stereocenters. The highest BCUT2D eigenvalue weighted by molar-refractivity contribution is 7.85. The van der Waals surface area contributed by atoms with Crippen molar-refractivity contribution in [2.45, 2.75) is 43.6 Å². The fourth-order valence-corrected chi connectivity index (χ4v) is 5.58. The number of rotatable bonds is 10. The average molecular weight is 742 g/mol. The molecule has 17 heteroatoms. The lowest BCUT2D eigenvalue weighted by atomic mass is 9.97. The number of nitrogens with one attached hydrogen (secondary N) is 3. The first-order chi connectivity index (χ1) is 24.6. The number of hydrogen-bond acceptors (Lipinski definition) is 8. The van der Waals surface area contributed by atoms with Crippen molar-refractivity contribution in [1.82, 2.24) is 9.88 Å². The first-order valence-electron chi connectivity index (χ1n) is 15.8. The highest BCUT2D eigenvalue weighted by Crippen LogP contribution is 2.52. The first-order valence-corrected chi connectivity index (χ1v) is 17.3. The number of ether oxygens (including phenoxy) is 1. The third-order valence-corrected chi connectivity index (χ3v) is 8.98. The van der Waals surface area contributed by atoms with Crippen molar-refractivity contribution in [2.24, 2.45) is 5.41 Å². The van der Waals surface area contributed by atoms with Gasteiger partial charge in [0.15, 0.2) is 17.4 Å². The highest BCUT2D eigenvalue weighted by Gasteiger charge is 2.46. The Labute approximate surface area is 296 Å². The Morgan fingerprint density at radius 1 is 0.885 bits per heavy atom. The van der Waals surface area contributed by atoms with Gasteiger partial charge in [-0.05, 0) is 67.6 Å². The lowest BCUT2D eigenvalue weighted by Gasteiger charge is -2.35. The van der Waals surface area contributed by atoms with Crippen LogP contribution >= 0.6 is 0 Å². The standard InChI is InChI=1S/C28H26F3N5O5.C7H8O3S/c29-16-1-3-17(4-2-16)33-25(38)12-28(6-7-28)13-26(39)34-22-10-21(31)23(11-20(22)30)41-19-5-8-32-24(9-19)35-27(40)36-14-18(37)15-36;1-6-2-4-7(5-3-6)11(8,9)10/h1-5,8-11,18,37H,6-7,12-15H2,(H,33,38)(H,34,39)(H,32,35,40);2-5H,1H3,(H,8,9,10). The number of anilines is 3. The zero-order chi connectivity index (χ0) is 37.6. The molecule has 0 bridgehead atoms. The van der Waals surface area contributed by atoms with Crippen LogP contribution in [0.2, 0.25) is 0 Å². The van der Waals surface area contributed by atoms with E-state index in [1.165, 1.54) is 59.6 Å². The Kier molecular flexibility index (Phi) is 11.5. The average Bonchev–Trinajstić information content (AvgIpc) is 3.81. The van der Waals surface area contributed by atoms with E-state index in [2.05, 4.69) is 20.9 Å². The lowest BCUT2D eigenvalue weighted by Crippen LogP contribution is -2.54. The molecule has 2 fully saturated rings. The number of amides is 4. The van der Waals surface area contributed by atoms with Crippen molar-refractivity contribution >= 4 is 45.2 Å². The second kappa shape index (κ2) is 15.8. The molecule has 1 aliphatic carbocycles. The summed E-state index contributed by atoms with van der Waals surface area (Å²) < 4.78 is 77.6. The molecule has 4 aromatic rings. The number of benzene rings is 3. The van der Waals surface area contributed by atoms with Crippen molar-refractivity contribution in [3.63, 3.8) is 0 Å². The molecule has 1 saturated heterocycles. The number of aliphatic hydroxyl groups excluding tert-OH is 1. The number of aromatic nitrogens is 1. The maximum Gasteiger partial charge on any atom is 0.323 e. The predicted octanol–water partition coefficient (Wildman–Crippen LogP) is 5.88. The Bertz CT molecular complexity index is 2060. The number of β-amino-alcohol motifs (C(OH)–C–C–N with tert-alkyl or cyclic N) is 1. The first kappa shape index (κ1) is 37.7. The van der Waals surface area contributed by atoms with Gasteiger partial charge in [-0.25, -0.2) is 22.9 Å². The minimum atomic E-state index is -4.02. The Hall–Kier alpha value is -5.52. The molecular formula is C35H34F3N5O8S. The van der Waals surface area contributed by atoms with Crippen LogP contribution in [-0.2, 0) is 19.7 Å². The smallest absolute Gasteiger partial charge is 0.323 e. The fourth-order valence-electron chi connectivity index (χ4n) is 5.10. The molecule has 5 N–H and O–H groups in total. The number of carbonyl (C=O) groups is 3. The third-order valence-electron chi connectivity index (χ3n) is 8.11. The summed E-state index contributed by atoms with van der Waals surface area (Å²) in [5.74, 6) is -3.49. The Morgan fingerprint density at radius 3 is 2.12 bits per heavy atom. The number of hydrogen-bond donors (Lipinski definition) is 5. The van der Waals surface area contributed by atoms with E-state index in [9.17, 15) is 41.1 Å². The molecule has 0 unspecified atom stereocenters. The Balaban J connectivity index is 0.000000407. The second-order valence-electron chi connectivity index (χ2n) is 12.5. The molecule has 0 radical (unpaired) electrons. The monoisotopic (exact) mass is 741 g/mol. The van der Waals surface area contributed by atoms with E-state index in [1.807, 2.05) is 6.92 Å². The van der Waals surface area contributed by atoms with Gasteiger partial charge in [0.2, 0.25) is 11.8 Å². The summed E-state index contributed by atoms with van der Waals surface area (Å²) >= 11 is 0. The van der Waals surface area contributed by atoms with Gasteiger partial charge < -0.3 is 25.4 Å². The summed E-state index contributed by atoms with van der Waals surface area (Å²) in [5, 5.41) is 16.9. The van der Waals surface area contributed by atoms with E-state index in [0.717, 1.165) is 17.7 Å². The van der Waals surface area contributed by atoms with Crippen molar-refractivity contribution in [1.29, 1.82) is 0 Å². The number of halogens is 3. The Morgan fingerprint density at radius 2 is 1.52 bits per heavy atom. The number of aryl methyl sites for hydroxylation is 1. The number of nitrogens with zero attached hydrogens (tertiary/aromatic N) is 2. The molecule has 1 saturated carbocycles. The molecule has 6 rings (SSSR count). The molecular weight excluding hydrogens is 707 g/mol. The van der Waals surface area contributed by atoms with Crippen LogP contribution in [0.15, 0.2) is 83.9 Å². The van der Waals surface area contributed by atoms with Crippen LogP contribution in [0.25, 0.3) is 0 Å². The lowest BCUT2D eigenvalue weighted by molar-refractivity contribution is -0.119. The summed E-state index contributed by atoms with van der Waals surface area (Å²) in [6, 6.07) is 15.1. The van der Waals surface area contributed by atoms with Gasteiger partial charge in [-0.15, -0.1) is 0 Å². The quantitative estimate of drug-likeness (QED) is 0.124. The molecule has 2 heterocycles. The van der Waals surface area contributed by atoms with Crippen LogP contribution in [0.1, 0.15) is 31.2 Å².